The Hall–Kier alpha value is -5.64. The number of hydrogen-bond acceptors (Lipinski definition) is 1. The number of hydrogen-bond donors (Lipinski definition) is 0. The van der Waals surface area contributed by atoms with Gasteiger partial charge in [-0.1, -0.05) is 109 Å². The maximum Gasteiger partial charge on any atom is 0.0641 e. The topological polar surface area (TPSA) is 9.86 Å². The van der Waals surface area contributed by atoms with Crippen molar-refractivity contribution >= 4 is 75.1 Å². The molecule has 0 aliphatic heterocycles. The predicted octanol–water partition coefficient (Wildman–Crippen LogP) is 11.9. The number of thiophene rings is 1. The second-order valence-corrected chi connectivity index (χ2v) is 12.8. The second-order valence-electron chi connectivity index (χ2n) is 11.7. The fourth-order valence-electron chi connectivity index (χ4n) is 7.40. The van der Waals surface area contributed by atoms with E-state index in [1.165, 1.54) is 80.6 Å². The van der Waals surface area contributed by atoms with Gasteiger partial charge in [0.1, 0.15) is 0 Å². The third kappa shape index (κ3) is 3.50. The molecule has 0 fully saturated rings. The van der Waals surface area contributed by atoms with Gasteiger partial charge in [-0.2, -0.15) is 0 Å². The molecule has 0 unspecified atom stereocenters. The third-order valence-electron chi connectivity index (χ3n) is 9.33. The van der Waals surface area contributed by atoms with Crippen LogP contribution < -0.4 is 0 Å². The molecule has 210 valence electrons. The van der Waals surface area contributed by atoms with E-state index in [0.29, 0.717) is 0 Å². The molecule has 0 bridgehead atoms. The molecule has 0 atom stereocenters. The summed E-state index contributed by atoms with van der Waals surface area (Å²) in [7, 11) is 0. The minimum Gasteiger partial charge on any atom is -0.309 e. The van der Waals surface area contributed by atoms with E-state index in [4.69, 9.17) is 0 Å². The first-order valence-electron chi connectivity index (χ1n) is 15.4. The Morgan fingerprint density at radius 3 is 1.84 bits per heavy atom. The van der Waals surface area contributed by atoms with Gasteiger partial charge in [0.15, 0.2) is 0 Å². The van der Waals surface area contributed by atoms with Crippen molar-refractivity contribution in [1.82, 2.24) is 9.13 Å². The Kier molecular flexibility index (Phi) is 5.19. The summed E-state index contributed by atoms with van der Waals surface area (Å²) in [5.74, 6) is 0. The lowest BCUT2D eigenvalue weighted by Crippen LogP contribution is -1.95. The molecule has 0 saturated heterocycles. The van der Waals surface area contributed by atoms with E-state index in [1.54, 1.807) is 0 Å². The SMILES string of the molecule is c1ccc(-n2c3ccccc3c3c2ccc2c4ccccc4n(-c4ccc(-c5cccc6c5sc5ccccc56)cc4)c23)cc1. The molecule has 45 heavy (non-hydrogen) atoms. The number of fused-ring (bicyclic) bond motifs is 10. The van der Waals surface area contributed by atoms with Crippen molar-refractivity contribution < 1.29 is 0 Å². The average molecular weight is 591 g/mol. The average Bonchev–Trinajstić information content (AvgIpc) is 3.76. The number of aromatic nitrogens is 2. The highest BCUT2D eigenvalue weighted by Gasteiger charge is 2.20. The van der Waals surface area contributed by atoms with Crippen LogP contribution in [0.1, 0.15) is 0 Å². The van der Waals surface area contributed by atoms with E-state index in [2.05, 4.69) is 167 Å². The van der Waals surface area contributed by atoms with E-state index in [9.17, 15) is 0 Å². The first-order valence-corrected chi connectivity index (χ1v) is 16.2. The highest BCUT2D eigenvalue weighted by atomic mass is 32.1. The summed E-state index contributed by atoms with van der Waals surface area (Å²) in [5.41, 5.74) is 9.76. The van der Waals surface area contributed by atoms with Crippen molar-refractivity contribution in [3.8, 4) is 22.5 Å². The largest absolute Gasteiger partial charge is 0.309 e. The van der Waals surface area contributed by atoms with Gasteiger partial charge in [0.2, 0.25) is 0 Å². The Morgan fingerprint density at radius 1 is 0.378 bits per heavy atom. The summed E-state index contributed by atoms with van der Waals surface area (Å²) in [5, 5.41) is 7.75. The van der Waals surface area contributed by atoms with Crippen molar-refractivity contribution in [1.29, 1.82) is 0 Å². The lowest BCUT2D eigenvalue weighted by atomic mass is 10.0. The van der Waals surface area contributed by atoms with Crippen LogP contribution >= 0.6 is 11.3 Å². The van der Waals surface area contributed by atoms with Crippen LogP contribution in [0.25, 0.3) is 86.3 Å². The third-order valence-corrected chi connectivity index (χ3v) is 10.5. The van der Waals surface area contributed by atoms with Crippen LogP contribution in [-0.4, -0.2) is 9.13 Å². The van der Waals surface area contributed by atoms with Gasteiger partial charge in [-0.05, 0) is 59.7 Å². The molecular weight excluding hydrogens is 565 g/mol. The van der Waals surface area contributed by atoms with Gasteiger partial charge in [0.25, 0.3) is 0 Å². The molecule has 10 rings (SSSR count). The molecule has 7 aromatic carbocycles. The van der Waals surface area contributed by atoms with Gasteiger partial charge in [0.05, 0.1) is 22.1 Å². The van der Waals surface area contributed by atoms with Gasteiger partial charge < -0.3 is 9.13 Å². The lowest BCUT2D eigenvalue weighted by molar-refractivity contribution is 1.17. The highest BCUT2D eigenvalue weighted by molar-refractivity contribution is 7.26. The molecule has 0 amide bonds. The summed E-state index contributed by atoms with van der Waals surface area (Å²) in [6.07, 6.45) is 0. The van der Waals surface area contributed by atoms with Crippen molar-refractivity contribution in [3.05, 3.63) is 158 Å². The number of benzene rings is 7. The van der Waals surface area contributed by atoms with Crippen LogP contribution in [0.4, 0.5) is 0 Å². The van der Waals surface area contributed by atoms with Gasteiger partial charge >= 0.3 is 0 Å². The Morgan fingerprint density at radius 2 is 1.02 bits per heavy atom. The van der Waals surface area contributed by atoms with Crippen LogP contribution in [0.15, 0.2) is 158 Å². The fraction of sp³-hybridized carbons (Fsp3) is 0. The van der Waals surface area contributed by atoms with Crippen LogP contribution in [0.5, 0.6) is 0 Å². The lowest BCUT2D eigenvalue weighted by Gasteiger charge is -2.11. The van der Waals surface area contributed by atoms with Crippen molar-refractivity contribution in [2.75, 3.05) is 0 Å². The van der Waals surface area contributed by atoms with Gasteiger partial charge in [-0.15, -0.1) is 11.3 Å². The number of nitrogens with zero attached hydrogens (tertiary/aromatic N) is 2. The first-order chi connectivity index (χ1) is 22.3. The Balaban J connectivity index is 1.25. The molecule has 0 aliphatic carbocycles. The highest BCUT2D eigenvalue weighted by Crippen LogP contribution is 2.43. The van der Waals surface area contributed by atoms with E-state index >= 15 is 0 Å². The standard InChI is InChI=1S/C42H26N2S/c1-2-11-28(12-3-1)43-37-19-8-5-15-35(37)40-38(43)26-25-33-31-13-4-7-18-36(31)44(41(33)40)29-23-21-27(22-24-29)30-16-10-17-34-32-14-6-9-20-39(32)45-42(30)34/h1-26H. The maximum absolute atomic E-state index is 2.47. The molecule has 10 aromatic rings. The van der Waals surface area contributed by atoms with Gasteiger partial charge in [-0.25, -0.2) is 0 Å². The van der Waals surface area contributed by atoms with E-state index in [-0.39, 0.29) is 0 Å². The molecule has 3 heterocycles. The zero-order chi connectivity index (χ0) is 29.5. The monoisotopic (exact) mass is 590 g/mol. The van der Waals surface area contributed by atoms with Gasteiger partial charge in [-0.3, -0.25) is 0 Å². The zero-order valence-electron chi connectivity index (χ0n) is 24.3. The fourth-order valence-corrected chi connectivity index (χ4v) is 8.63. The molecule has 2 nitrogen and oxygen atoms in total. The van der Waals surface area contributed by atoms with E-state index in [0.717, 1.165) is 5.69 Å². The summed E-state index contributed by atoms with van der Waals surface area (Å²) < 4.78 is 7.55. The smallest absolute Gasteiger partial charge is 0.0641 e. The summed E-state index contributed by atoms with van der Waals surface area (Å²) in [4.78, 5) is 0. The minimum atomic E-state index is 1.16. The molecule has 0 N–H and O–H groups in total. The molecule has 0 spiro atoms. The normalized spacial score (nSPS) is 12.0. The van der Waals surface area contributed by atoms with Crippen LogP contribution in [0, 0.1) is 0 Å². The summed E-state index contributed by atoms with van der Waals surface area (Å²) in [6.45, 7) is 0. The molecule has 3 aromatic heterocycles. The Bertz CT molecular complexity index is 2740. The zero-order valence-corrected chi connectivity index (χ0v) is 25.1. The Labute approximate surface area is 263 Å². The number of para-hydroxylation sites is 3. The van der Waals surface area contributed by atoms with Crippen LogP contribution in [-0.2, 0) is 0 Å². The van der Waals surface area contributed by atoms with Crippen molar-refractivity contribution in [2.45, 2.75) is 0 Å². The second kappa shape index (κ2) is 9.43. The minimum absolute atomic E-state index is 1.16. The molecule has 3 heteroatoms. The maximum atomic E-state index is 2.47. The van der Waals surface area contributed by atoms with E-state index < -0.39 is 0 Å². The first kappa shape index (κ1) is 24.8. The molecule has 0 radical (unpaired) electrons. The molecule has 0 saturated carbocycles. The molecule has 0 aliphatic rings. The summed E-state index contributed by atoms with van der Waals surface area (Å²) >= 11 is 1.88. The van der Waals surface area contributed by atoms with Crippen molar-refractivity contribution in [2.24, 2.45) is 0 Å². The van der Waals surface area contributed by atoms with Gasteiger partial charge in [0, 0.05) is 53.1 Å². The van der Waals surface area contributed by atoms with Crippen molar-refractivity contribution in [3.63, 3.8) is 0 Å². The summed E-state index contributed by atoms with van der Waals surface area (Å²) in [6, 6.07) is 57.6. The molecular formula is C42H26N2S. The predicted molar refractivity (Wildman–Crippen MR) is 193 cm³/mol. The number of rotatable bonds is 3. The quantitative estimate of drug-likeness (QED) is 0.194. The van der Waals surface area contributed by atoms with Crippen LogP contribution in [0.2, 0.25) is 0 Å². The van der Waals surface area contributed by atoms with Crippen LogP contribution in [0.3, 0.4) is 0 Å². The van der Waals surface area contributed by atoms with E-state index in [1.807, 2.05) is 11.3 Å².